The second-order valence-electron chi connectivity index (χ2n) is 7.63. The average molecular weight is 395 g/mol. The quantitative estimate of drug-likeness (QED) is 0.548. The van der Waals surface area contributed by atoms with Crippen LogP contribution in [0.15, 0.2) is 41.3 Å². The van der Waals surface area contributed by atoms with Crippen molar-refractivity contribution in [2.75, 3.05) is 5.32 Å². The van der Waals surface area contributed by atoms with Crippen LogP contribution in [0.1, 0.15) is 31.3 Å². The number of fused-ring (bicyclic) bond motifs is 1. The van der Waals surface area contributed by atoms with E-state index in [9.17, 15) is 4.79 Å². The molecule has 3 heterocycles. The van der Waals surface area contributed by atoms with Crippen molar-refractivity contribution in [2.24, 2.45) is 0 Å². The molecule has 144 valence electrons. The van der Waals surface area contributed by atoms with Crippen molar-refractivity contribution in [3.05, 3.63) is 57.5 Å². The first kappa shape index (κ1) is 18.4. The number of H-pyrrole nitrogens is 1. The zero-order valence-electron chi connectivity index (χ0n) is 16.3. The lowest BCUT2D eigenvalue weighted by Crippen LogP contribution is -2.24. The van der Waals surface area contributed by atoms with Crippen LogP contribution in [0.25, 0.3) is 21.6 Å². The lowest BCUT2D eigenvalue weighted by atomic mass is 10.1. The van der Waals surface area contributed by atoms with Gasteiger partial charge in [-0.2, -0.15) is 10.1 Å². The van der Waals surface area contributed by atoms with Gasteiger partial charge in [-0.3, -0.25) is 9.78 Å². The standard InChI is InChI=1S/C20H22N6OS/c1-12-15(28-18(23-12)13-8-6-5-7-9-13)11-21-19-24-16-14(17(27)25-19)10-22-26(16)20(2,3)4/h5-10H,11H2,1-4H3,(H2,21,24,25,27). The maximum Gasteiger partial charge on any atom is 0.263 e. The Labute approximate surface area is 166 Å². The molecular weight excluding hydrogens is 372 g/mol. The lowest BCUT2D eigenvalue weighted by molar-refractivity contribution is 0.366. The number of rotatable bonds is 4. The molecule has 0 fully saturated rings. The van der Waals surface area contributed by atoms with E-state index >= 15 is 0 Å². The number of hydrogen-bond acceptors (Lipinski definition) is 6. The minimum absolute atomic E-state index is 0.200. The zero-order chi connectivity index (χ0) is 19.9. The van der Waals surface area contributed by atoms with Gasteiger partial charge < -0.3 is 5.32 Å². The van der Waals surface area contributed by atoms with Crippen LogP contribution in [0.2, 0.25) is 0 Å². The highest BCUT2D eigenvalue weighted by atomic mass is 32.1. The molecule has 3 aromatic heterocycles. The molecule has 0 unspecified atom stereocenters. The second-order valence-corrected chi connectivity index (χ2v) is 8.71. The molecule has 0 saturated heterocycles. The van der Waals surface area contributed by atoms with E-state index in [0.29, 0.717) is 23.5 Å². The van der Waals surface area contributed by atoms with Crippen molar-refractivity contribution in [1.82, 2.24) is 24.7 Å². The van der Waals surface area contributed by atoms with Crippen LogP contribution in [-0.2, 0) is 12.1 Å². The number of aryl methyl sites for hydroxylation is 1. The van der Waals surface area contributed by atoms with E-state index in [1.807, 2.05) is 45.9 Å². The Kier molecular flexibility index (Phi) is 4.50. The first-order valence-corrected chi connectivity index (χ1v) is 9.89. The average Bonchev–Trinajstić information content (AvgIpc) is 3.24. The summed E-state index contributed by atoms with van der Waals surface area (Å²) in [6.45, 7) is 8.62. The summed E-state index contributed by atoms with van der Waals surface area (Å²) in [7, 11) is 0. The van der Waals surface area contributed by atoms with Gasteiger partial charge in [0.25, 0.3) is 5.56 Å². The van der Waals surface area contributed by atoms with Crippen LogP contribution in [0.4, 0.5) is 5.95 Å². The Balaban J connectivity index is 1.61. The van der Waals surface area contributed by atoms with Crippen LogP contribution < -0.4 is 10.9 Å². The van der Waals surface area contributed by atoms with Gasteiger partial charge in [-0.25, -0.2) is 9.67 Å². The van der Waals surface area contributed by atoms with Crippen LogP contribution in [0, 0.1) is 6.92 Å². The monoisotopic (exact) mass is 394 g/mol. The molecule has 0 atom stereocenters. The highest BCUT2D eigenvalue weighted by Gasteiger charge is 2.20. The molecule has 0 radical (unpaired) electrons. The molecule has 0 aliphatic carbocycles. The predicted molar refractivity (Wildman–Crippen MR) is 113 cm³/mol. The van der Waals surface area contributed by atoms with Crippen molar-refractivity contribution in [2.45, 2.75) is 39.8 Å². The maximum atomic E-state index is 12.4. The molecule has 2 N–H and O–H groups in total. The molecule has 28 heavy (non-hydrogen) atoms. The van der Waals surface area contributed by atoms with Gasteiger partial charge in [0.2, 0.25) is 5.95 Å². The lowest BCUT2D eigenvalue weighted by Gasteiger charge is -2.19. The van der Waals surface area contributed by atoms with E-state index in [0.717, 1.165) is 21.1 Å². The molecule has 0 spiro atoms. The smallest absolute Gasteiger partial charge is 0.263 e. The van der Waals surface area contributed by atoms with Crippen LogP contribution in [-0.4, -0.2) is 24.7 Å². The summed E-state index contributed by atoms with van der Waals surface area (Å²) >= 11 is 1.64. The fourth-order valence-electron chi connectivity index (χ4n) is 2.95. The summed E-state index contributed by atoms with van der Waals surface area (Å²) in [6.07, 6.45) is 1.57. The Hall–Kier alpha value is -3.00. The molecule has 0 bridgehead atoms. The van der Waals surface area contributed by atoms with Gasteiger partial charge >= 0.3 is 0 Å². The summed E-state index contributed by atoms with van der Waals surface area (Å²) in [5.74, 6) is 0.428. The highest BCUT2D eigenvalue weighted by Crippen LogP contribution is 2.28. The van der Waals surface area contributed by atoms with Crippen molar-refractivity contribution >= 4 is 28.3 Å². The third kappa shape index (κ3) is 3.43. The summed E-state index contributed by atoms with van der Waals surface area (Å²) in [4.78, 5) is 25.6. The molecule has 8 heteroatoms. The third-order valence-corrected chi connectivity index (χ3v) is 5.61. The topological polar surface area (TPSA) is 88.5 Å². The van der Waals surface area contributed by atoms with Gasteiger partial charge in [0, 0.05) is 10.4 Å². The number of nitrogens with zero attached hydrogens (tertiary/aromatic N) is 4. The number of hydrogen-bond donors (Lipinski definition) is 2. The van der Waals surface area contributed by atoms with Gasteiger partial charge in [-0.15, -0.1) is 11.3 Å². The second kappa shape index (κ2) is 6.87. The predicted octanol–water partition coefficient (Wildman–Crippen LogP) is 3.92. The molecule has 0 aliphatic heterocycles. The van der Waals surface area contributed by atoms with E-state index in [-0.39, 0.29) is 11.1 Å². The Morgan fingerprint density at radius 1 is 1.18 bits per heavy atom. The van der Waals surface area contributed by atoms with Crippen molar-refractivity contribution in [3.8, 4) is 10.6 Å². The highest BCUT2D eigenvalue weighted by molar-refractivity contribution is 7.15. The third-order valence-electron chi connectivity index (χ3n) is 4.40. The number of thiazole rings is 1. The van der Waals surface area contributed by atoms with Crippen molar-refractivity contribution in [3.63, 3.8) is 0 Å². The molecule has 4 rings (SSSR count). The first-order valence-electron chi connectivity index (χ1n) is 9.07. The van der Waals surface area contributed by atoms with Gasteiger partial charge in [0.05, 0.1) is 24.0 Å². The van der Waals surface area contributed by atoms with E-state index in [2.05, 4.69) is 37.5 Å². The number of benzene rings is 1. The summed E-state index contributed by atoms with van der Waals surface area (Å²) < 4.78 is 1.77. The number of anilines is 1. The Morgan fingerprint density at radius 3 is 2.64 bits per heavy atom. The first-order chi connectivity index (χ1) is 13.3. The fraction of sp³-hybridized carbons (Fsp3) is 0.300. The summed E-state index contributed by atoms with van der Waals surface area (Å²) in [5, 5.41) is 9.04. The Bertz CT molecular complexity index is 1180. The van der Waals surface area contributed by atoms with Crippen LogP contribution >= 0.6 is 11.3 Å². The van der Waals surface area contributed by atoms with E-state index in [1.165, 1.54) is 0 Å². The normalized spacial score (nSPS) is 11.9. The minimum atomic E-state index is -0.265. The largest absolute Gasteiger partial charge is 0.351 e. The summed E-state index contributed by atoms with van der Waals surface area (Å²) in [6, 6.07) is 10.1. The van der Waals surface area contributed by atoms with Gasteiger partial charge in [0.1, 0.15) is 10.4 Å². The van der Waals surface area contributed by atoms with Gasteiger partial charge in [-0.1, -0.05) is 30.3 Å². The number of aromatic amines is 1. The number of aromatic nitrogens is 5. The van der Waals surface area contributed by atoms with Gasteiger partial charge in [-0.05, 0) is 27.7 Å². The minimum Gasteiger partial charge on any atom is -0.351 e. The number of nitrogens with one attached hydrogen (secondary N) is 2. The molecular formula is C20H22N6OS. The van der Waals surface area contributed by atoms with Crippen LogP contribution in [0.5, 0.6) is 0 Å². The van der Waals surface area contributed by atoms with Crippen molar-refractivity contribution < 1.29 is 0 Å². The molecule has 0 saturated carbocycles. The summed E-state index contributed by atoms with van der Waals surface area (Å²) in [5.41, 5.74) is 2.18. The van der Waals surface area contributed by atoms with E-state index < -0.39 is 0 Å². The molecule has 4 aromatic rings. The zero-order valence-corrected chi connectivity index (χ0v) is 17.1. The fourth-order valence-corrected chi connectivity index (χ4v) is 3.96. The molecule has 0 amide bonds. The van der Waals surface area contributed by atoms with E-state index in [1.54, 1.807) is 22.2 Å². The van der Waals surface area contributed by atoms with Crippen LogP contribution in [0.3, 0.4) is 0 Å². The van der Waals surface area contributed by atoms with Crippen molar-refractivity contribution in [1.29, 1.82) is 0 Å². The molecule has 1 aromatic carbocycles. The molecule has 0 aliphatic rings. The maximum absolute atomic E-state index is 12.4. The van der Waals surface area contributed by atoms with E-state index in [4.69, 9.17) is 0 Å². The Morgan fingerprint density at radius 2 is 1.93 bits per heavy atom. The molecule has 7 nitrogen and oxygen atoms in total. The SMILES string of the molecule is Cc1nc(-c2ccccc2)sc1CNc1nc2c(cnn2C(C)(C)C)c(=O)[nH]1. The van der Waals surface area contributed by atoms with Gasteiger partial charge in [0.15, 0.2) is 5.65 Å².